The van der Waals surface area contributed by atoms with Crippen molar-refractivity contribution in [2.75, 3.05) is 46.1 Å². The SMILES string of the molecule is CC(C)C#CCNC(=O)COCCOC(COc1cccc(C(=O)NCCNC(C)C)c1)SS. The van der Waals surface area contributed by atoms with Crippen LogP contribution in [0.5, 0.6) is 5.75 Å². The van der Waals surface area contributed by atoms with Crippen LogP contribution in [0.25, 0.3) is 0 Å². The van der Waals surface area contributed by atoms with E-state index >= 15 is 0 Å². The number of nitrogens with one attached hydrogen (secondary N) is 3. The summed E-state index contributed by atoms with van der Waals surface area (Å²) in [6, 6.07) is 7.36. The normalized spacial score (nSPS) is 11.6. The van der Waals surface area contributed by atoms with Crippen LogP contribution in [-0.4, -0.2) is 69.4 Å². The third-order valence-corrected chi connectivity index (χ3v) is 5.30. The van der Waals surface area contributed by atoms with E-state index < -0.39 is 0 Å². The summed E-state index contributed by atoms with van der Waals surface area (Å²) in [7, 11) is 1.21. The molecule has 1 rings (SSSR count). The van der Waals surface area contributed by atoms with Gasteiger partial charge in [-0.25, -0.2) is 0 Å². The fourth-order valence-corrected chi connectivity index (χ4v) is 3.14. The molecule has 1 aromatic carbocycles. The third-order valence-electron chi connectivity index (χ3n) is 4.09. The van der Waals surface area contributed by atoms with Crippen molar-refractivity contribution in [3.05, 3.63) is 29.8 Å². The van der Waals surface area contributed by atoms with Gasteiger partial charge in [0.2, 0.25) is 5.91 Å². The Morgan fingerprint density at radius 2 is 1.91 bits per heavy atom. The minimum absolute atomic E-state index is 0.0513. The molecule has 0 spiro atoms. The summed E-state index contributed by atoms with van der Waals surface area (Å²) in [5, 5.41) is 8.80. The maximum Gasteiger partial charge on any atom is 0.251 e. The lowest BCUT2D eigenvalue weighted by atomic mass is 10.2. The van der Waals surface area contributed by atoms with E-state index in [1.54, 1.807) is 24.3 Å². The molecule has 0 heterocycles. The summed E-state index contributed by atoms with van der Waals surface area (Å²) in [4.78, 5) is 24.0. The average molecular weight is 512 g/mol. The lowest BCUT2D eigenvalue weighted by Crippen LogP contribution is -2.34. The number of rotatable bonds is 16. The quantitative estimate of drug-likeness (QED) is 0.0890. The molecule has 190 valence electrons. The Morgan fingerprint density at radius 3 is 2.62 bits per heavy atom. The van der Waals surface area contributed by atoms with Crippen LogP contribution in [0, 0.1) is 17.8 Å². The molecule has 0 radical (unpaired) electrons. The molecule has 2 amide bonds. The van der Waals surface area contributed by atoms with Crippen LogP contribution in [0.1, 0.15) is 38.1 Å². The molecule has 1 aromatic rings. The molecule has 0 aliphatic heterocycles. The number of hydrogen-bond acceptors (Lipinski definition) is 8. The van der Waals surface area contributed by atoms with E-state index in [-0.39, 0.29) is 49.6 Å². The first-order valence-corrected chi connectivity index (χ1v) is 13.2. The van der Waals surface area contributed by atoms with E-state index in [0.29, 0.717) is 37.0 Å². The zero-order valence-electron chi connectivity index (χ0n) is 20.4. The largest absolute Gasteiger partial charge is 0.490 e. The van der Waals surface area contributed by atoms with Gasteiger partial charge in [-0.15, -0.1) is 11.7 Å². The molecule has 0 bridgehead atoms. The van der Waals surface area contributed by atoms with Gasteiger partial charge >= 0.3 is 0 Å². The Labute approximate surface area is 212 Å². The molecule has 1 atom stereocenters. The lowest BCUT2D eigenvalue weighted by molar-refractivity contribution is -0.126. The predicted molar refractivity (Wildman–Crippen MR) is 140 cm³/mol. The Kier molecular flexibility index (Phi) is 16.3. The first kappa shape index (κ1) is 30.1. The van der Waals surface area contributed by atoms with E-state index in [9.17, 15) is 9.59 Å². The van der Waals surface area contributed by atoms with Crippen molar-refractivity contribution >= 4 is 34.3 Å². The highest BCUT2D eigenvalue weighted by molar-refractivity contribution is 8.68. The molecular formula is C24H37N3O5S2. The molecule has 0 aliphatic carbocycles. The van der Waals surface area contributed by atoms with Gasteiger partial charge in [0.25, 0.3) is 5.91 Å². The van der Waals surface area contributed by atoms with Crippen LogP contribution < -0.4 is 20.7 Å². The second-order valence-corrected chi connectivity index (χ2v) is 9.28. The number of carbonyl (C=O) groups is 2. The maximum absolute atomic E-state index is 12.3. The van der Waals surface area contributed by atoms with Crippen molar-refractivity contribution in [1.82, 2.24) is 16.0 Å². The van der Waals surface area contributed by atoms with Crippen LogP contribution in [0.2, 0.25) is 0 Å². The van der Waals surface area contributed by atoms with Gasteiger partial charge in [-0.05, 0) is 18.2 Å². The van der Waals surface area contributed by atoms with E-state index in [4.69, 9.17) is 14.2 Å². The van der Waals surface area contributed by atoms with Gasteiger partial charge in [0.05, 0.1) is 19.8 Å². The van der Waals surface area contributed by atoms with E-state index in [1.165, 1.54) is 10.8 Å². The number of hydrogen-bond donors (Lipinski definition) is 4. The monoisotopic (exact) mass is 511 g/mol. The zero-order chi connectivity index (χ0) is 25.2. The highest BCUT2D eigenvalue weighted by atomic mass is 33.1. The highest BCUT2D eigenvalue weighted by Gasteiger charge is 2.11. The fourth-order valence-electron chi connectivity index (χ4n) is 2.49. The first-order chi connectivity index (χ1) is 16.3. The van der Waals surface area contributed by atoms with Crippen molar-refractivity contribution < 1.29 is 23.8 Å². The van der Waals surface area contributed by atoms with Gasteiger partial charge < -0.3 is 30.2 Å². The minimum atomic E-state index is -0.341. The van der Waals surface area contributed by atoms with Gasteiger partial charge in [0.15, 0.2) is 0 Å². The summed E-state index contributed by atoms with van der Waals surface area (Å²) in [5.74, 6) is 6.32. The van der Waals surface area contributed by atoms with E-state index in [1.807, 2.05) is 13.8 Å². The average Bonchev–Trinajstić information content (AvgIpc) is 2.81. The van der Waals surface area contributed by atoms with Gasteiger partial charge in [0, 0.05) is 30.6 Å². The molecule has 3 N–H and O–H groups in total. The summed E-state index contributed by atoms with van der Waals surface area (Å²) < 4.78 is 16.8. The Bertz CT molecular complexity index is 796. The Balaban J connectivity index is 2.27. The molecule has 0 aliphatic rings. The van der Waals surface area contributed by atoms with Crippen LogP contribution in [-0.2, 0) is 14.3 Å². The second-order valence-electron chi connectivity index (χ2n) is 7.91. The van der Waals surface area contributed by atoms with Gasteiger partial charge in [-0.1, -0.05) is 56.4 Å². The standard InChI is InChI=1S/C24H37N3O5S2/c1-18(2)7-6-10-26-22(28)16-30-13-14-31-23(34-33)17-32-21-9-5-8-20(15-21)24(29)27-12-11-25-19(3)4/h5,8-9,15,18-19,23,25,33H,10-14,16-17H2,1-4H3,(H,26,28)(H,27,29). The zero-order valence-corrected chi connectivity index (χ0v) is 22.1. The van der Waals surface area contributed by atoms with Crippen LogP contribution >= 0.6 is 22.5 Å². The van der Waals surface area contributed by atoms with E-state index in [2.05, 4.69) is 53.3 Å². The summed E-state index contributed by atoms with van der Waals surface area (Å²) >= 11 is 4.22. The van der Waals surface area contributed by atoms with Crippen molar-refractivity contribution in [3.63, 3.8) is 0 Å². The third kappa shape index (κ3) is 15.1. The molecule has 0 fully saturated rings. The van der Waals surface area contributed by atoms with E-state index in [0.717, 1.165) is 0 Å². The summed E-state index contributed by atoms with van der Waals surface area (Å²) in [6.07, 6.45) is 0. The highest BCUT2D eigenvalue weighted by Crippen LogP contribution is 2.19. The maximum atomic E-state index is 12.3. The Morgan fingerprint density at radius 1 is 1.12 bits per heavy atom. The lowest BCUT2D eigenvalue weighted by Gasteiger charge is -2.16. The summed E-state index contributed by atoms with van der Waals surface area (Å²) in [6.45, 7) is 10.4. The van der Waals surface area contributed by atoms with Crippen molar-refractivity contribution in [2.45, 2.75) is 39.2 Å². The van der Waals surface area contributed by atoms with Crippen LogP contribution in [0.3, 0.4) is 0 Å². The molecule has 8 nitrogen and oxygen atoms in total. The molecular weight excluding hydrogens is 474 g/mol. The van der Waals surface area contributed by atoms with Crippen molar-refractivity contribution in [1.29, 1.82) is 0 Å². The molecule has 0 saturated heterocycles. The number of amides is 2. The van der Waals surface area contributed by atoms with Crippen LogP contribution in [0.4, 0.5) is 0 Å². The van der Waals surface area contributed by atoms with Gasteiger partial charge in [0.1, 0.15) is 24.4 Å². The van der Waals surface area contributed by atoms with Crippen molar-refractivity contribution in [3.8, 4) is 17.6 Å². The first-order valence-electron chi connectivity index (χ1n) is 11.3. The van der Waals surface area contributed by atoms with Gasteiger partial charge in [-0.3, -0.25) is 9.59 Å². The number of carbonyl (C=O) groups excluding carboxylic acids is 2. The number of thiol groups is 1. The van der Waals surface area contributed by atoms with Gasteiger partial charge in [-0.2, -0.15) is 0 Å². The molecule has 10 heteroatoms. The smallest absolute Gasteiger partial charge is 0.251 e. The predicted octanol–water partition coefficient (Wildman–Crippen LogP) is 2.51. The number of ether oxygens (including phenoxy) is 3. The number of benzene rings is 1. The van der Waals surface area contributed by atoms with Crippen molar-refractivity contribution in [2.24, 2.45) is 5.92 Å². The van der Waals surface area contributed by atoms with Crippen LogP contribution in [0.15, 0.2) is 24.3 Å². The molecule has 1 unspecified atom stereocenters. The molecule has 0 aromatic heterocycles. The molecule has 34 heavy (non-hydrogen) atoms. The second kappa shape index (κ2) is 18.4. The minimum Gasteiger partial charge on any atom is -0.490 e. The summed E-state index contributed by atoms with van der Waals surface area (Å²) in [5.41, 5.74) is 0.187. The Hall–Kier alpha value is -1.90. The fraction of sp³-hybridized carbons (Fsp3) is 0.583. The topological polar surface area (TPSA) is 97.9 Å². The molecule has 0 saturated carbocycles.